The number of fused-ring (bicyclic) bond motifs is 2. The van der Waals surface area contributed by atoms with Gasteiger partial charge in [0.15, 0.2) is 17.3 Å². The summed E-state index contributed by atoms with van der Waals surface area (Å²) in [5.74, 6) is 0.0107. The number of aromatic nitrogens is 4. The summed E-state index contributed by atoms with van der Waals surface area (Å²) in [4.78, 5) is 15.8. The molecule has 1 aromatic carbocycles. The van der Waals surface area contributed by atoms with Gasteiger partial charge >= 0.3 is 0 Å². The summed E-state index contributed by atoms with van der Waals surface area (Å²) in [5.41, 5.74) is 6.16. The van der Waals surface area contributed by atoms with Gasteiger partial charge in [0.1, 0.15) is 11.6 Å². The highest BCUT2D eigenvalue weighted by atomic mass is 19.2. The van der Waals surface area contributed by atoms with Crippen molar-refractivity contribution in [3.63, 3.8) is 0 Å². The molecule has 2 aliphatic heterocycles. The maximum absolute atomic E-state index is 14.8. The molecule has 4 aromatic rings. The molecular weight excluding hydrogens is 472 g/mol. The SMILES string of the molecule is Cc1nc2ncc(C3=CCNc4ncc(-c5cc(F)c(F)c(N6CCNCC6)c5)cc43)cc2n1C(C)C. The molecule has 2 N–H and O–H groups in total. The highest BCUT2D eigenvalue weighted by Crippen LogP contribution is 2.37. The molecule has 5 heterocycles. The molecule has 190 valence electrons. The van der Waals surface area contributed by atoms with Crippen LogP contribution in [-0.4, -0.2) is 52.2 Å². The van der Waals surface area contributed by atoms with E-state index in [2.05, 4.69) is 56.1 Å². The topological polar surface area (TPSA) is 70.9 Å². The smallest absolute Gasteiger partial charge is 0.182 e. The molecule has 0 unspecified atom stereocenters. The van der Waals surface area contributed by atoms with Gasteiger partial charge in [-0.05, 0) is 56.2 Å². The molecule has 6 rings (SSSR count). The molecule has 0 bridgehead atoms. The van der Waals surface area contributed by atoms with Gasteiger partial charge in [0, 0.05) is 67.8 Å². The summed E-state index contributed by atoms with van der Waals surface area (Å²) < 4.78 is 31.7. The maximum atomic E-state index is 14.8. The molecule has 0 amide bonds. The number of nitrogens with one attached hydrogen (secondary N) is 2. The van der Waals surface area contributed by atoms with Crippen molar-refractivity contribution < 1.29 is 8.78 Å². The lowest BCUT2D eigenvalue weighted by Crippen LogP contribution is -2.44. The minimum atomic E-state index is -0.857. The van der Waals surface area contributed by atoms with Crippen LogP contribution in [0, 0.1) is 18.6 Å². The van der Waals surface area contributed by atoms with E-state index >= 15 is 0 Å². The fraction of sp³-hybridized carbons (Fsp3) is 0.321. The summed E-state index contributed by atoms with van der Waals surface area (Å²) >= 11 is 0. The van der Waals surface area contributed by atoms with Crippen molar-refractivity contribution in [2.24, 2.45) is 0 Å². The second kappa shape index (κ2) is 9.23. The average Bonchev–Trinajstić information content (AvgIpc) is 3.25. The van der Waals surface area contributed by atoms with Crippen molar-refractivity contribution in [2.45, 2.75) is 26.8 Å². The van der Waals surface area contributed by atoms with Crippen molar-refractivity contribution in [3.05, 3.63) is 71.3 Å². The van der Waals surface area contributed by atoms with E-state index in [1.54, 1.807) is 12.3 Å². The molecular formula is C28H29F2N7. The van der Waals surface area contributed by atoms with Gasteiger partial charge in [0.05, 0.1) is 11.2 Å². The fourth-order valence-corrected chi connectivity index (χ4v) is 5.37. The van der Waals surface area contributed by atoms with Crippen LogP contribution in [0.5, 0.6) is 0 Å². The minimum Gasteiger partial charge on any atom is -0.367 e. The van der Waals surface area contributed by atoms with E-state index in [1.165, 1.54) is 6.07 Å². The summed E-state index contributed by atoms with van der Waals surface area (Å²) in [6.45, 7) is 9.61. The molecule has 3 aromatic heterocycles. The van der Waals surface area contributed by atoms with Crippen molar-refractivity contribution >= 4 is 28.2 Å². The Morgan fingerprint density at radius 2 is 1.73 bits per heavy atom. The van der Waals surface area contributed by atoms with Crippen LogP contribution in [0.2, 0.25) is 0 Å². The summed E-state index contributed by atoms with van der Waals surface area (Å²) in [5, 5.41) is 6.57. The van der Waals surface area contributed by atoms with Gasteiger partial charge in [-0.25, -0.2) is 23.7 Å². The van der Waals surface area contributed by atoms with E-state index in [1.807, 2.05) is 24.1 Å². The number of piperazine rings is 1. The molecule has 7 nitrogen and oxygen atoms in total. The molecule has 0 radical (unpaired) electrons. The zero-order valence-electron chi connectivity index (χ0n) is 21.1. The van der Waals surface area contributed by atoms with E-state index in [0.717, 1.165) is 58.2 Å². The quantitative estimate of drug-likeness (QED) is 0.413. The highest BCUT2D eigenvalue weighted by Gasteiger charge is 2.22. The summed E-state index contributed by atoms with van der Waals surface area (Å²) in [7, 11) is 0. The molecule has 1 fully saturated rings. The fourth-order valence-electron chi connectivity index (χ4n) is 5.37. The number of rotatable bonds is 4. The number of anilines is 2. The summed E-state index contributed by atoms with van der Waals surface area (Å²) in [6.07, 6.45) is 5.66. The minimum absolute atomic E-state index is 0.253. The number of aryl methyl sites for hydroxylation is 1. The van der Waals surface area contributed by atoms with Gasteiger partial charge in [-0.1, -0.05) is 6.08 Å². The Labute approximate surface area is 214 Å². The zero-order chi connectivity index (χ0) is 25.7. The molecule has 0 aliphatic carbocycles. The van der Waals surface area contributed by atoms with E-state index < -0.39 is 11.6 Å². The van der Waals surface area contributed by atoms with Crippen LogP contribution >= 0.6 is 0 Å². The van der Waals surface area contributed by atoms with Gasteiger partial charge in [0.2, 0.25) is 0 Å². The Morgan fingerprint density at radius 1 is 0.946 bits per heavy atom. The maximum Gasteiger partial charge on any atom is 0.182 e. The van der Waals surface area contributed by atoms with E-state index in [4.69, 9.17) is 0 Å². The number of hydrogen-bond acceptors (Lipinski definition) is 6. The number of nitrogens with zero attached hydrogens (tertiary/aromatic N) is 5. The first kappa shape index (κ1) is 23.5. The van der Waals surface area contributed by atoms with E-state index in [9.17, 15) is 8.78 Å². The van der Waals surface area contributed by atoms with Crippen molar-refractivity contribution in [1.82, 2.24) is 24.8 Å². The molecule has 2 aliphatic rings. The first-order valence-corrected chi connectivity index (χ1v) is 12.6. The average molecular weight is 502 g/mol. The normalized spacial score (nSPS) is 15.6. The molecule has 1 saturated heterocycles. The van der Waals surface area contributed by atoms with Crippen molar-refractivity contribution in [2.75, 3.05) is 42.9 Å². The Bertz CT molecular complexity index is 1530. The number of imidazole rings is 1. The predicted molar refractivity (Wildman–Crippen MR) is 143 cm³/mol. The third kappa shape index (κ3) is 4.13. The lowest BCUT2D eigenvalue weighted by Gasteiger charge is -2.30. The van der Waals surface area contributed by atoms with Gasteiger partial charge in [-0.15, -0.1) is 0 Å². The highest BCUT2D eigenvalue weighted by molar-refractivity contribution is 5.91. The Kier molecular flexibility index (Phi) is 5.87. The van der Waals surface area contributed by atoms with Gasteiger partial charge in [-0.3, -0.25) is 0 Å². The van der Waals surface area contributed by atoms with Crippen LogP contribution in [0.1, 0.15) is 36.8 Å². The van der Waals surface area contributed by atoms with Crippen LogP contribution in [-0.2, 0) is 0 Å². The second-order valence-electron chi connectivity index (χ2n) is 9.84. The van der Waals surface area contributed by atoms with Crippen LogP contribution in [0.25, 0.3) is 27.9 Å². The molecule has 0 saturated carbocycles. The first-order chi connectivity index (χ1) is 17.9. The number of halogens is 2. The third-order valence-electron chi connectivity index (χ3n) is 7.10. The van der Waals surface area contributed by atoms with E-state index in [0.29, 0.717) is 25.2 Å². The van der Waals surface area contributed by atoms with Crippen LogP contribution in [0.3, 0.4) is 0 Å². The summed E-state index contributed by atoms with van der Waals surface area (Å²) in [6, 6.07) is 7.34. The molecule has 0 spiro atoms. The van der Waals surface area contributed by atoms with E-state index in [-0.39, 0.29) is 11.7 Å². The molecule has 9 heteroatoms. The molecule has 0 atom stereocenters. The Morgan fingerprint density at radius 3 is 2.51 bits per heavy atom. The zero-order valence-corrected chi connectivity index (χ0v) is 21.1. The number of pyridine rings is 2. The second-order valence-corrected chi connectivity index (χ2v) is 9.84. The lowest BCUT2D eigenvalue weighted by molar-refractivity contribution is 0.500. The third-order valence-corrected chi connectivity index (χ3v) is 7.10. The standard InChI is InChI=1S/C28H29F2N7/c1-16(2)37-17(3)35-28-25(37)13-20(15-34-28)21-4-5-32-27-22(21)10-19(14-33-27)18-11-23(29)26(30)24(12-18)36-8-6-31-7-9-36/h4,10-16,31H,5-9H2,1-3H3,(H,32,33). The largest absolute Gasteiger partial charge is 0.367 e. The monoisotopic (exact) mass is 501 g/mol. The predicted octanol–water partition coefficient (Wildman–Crippen LogP) is 4.93. The Balaban J connectivity index is 1.43. The van der Waals surface area contributed by atoms with Crippen LogP contribution in [0.15, 0.2) is 42.7 Å². The lowest BCUT2D eigenvalue weighted by atomic mass is 9.94. The van der Waals surface area contributed by atoms with Gasteiger partial charge in [-0.2, -0.15) is 0 Å². The van der Waals surface area contributed by atoms with Crippen molar-refractivity contribution in [3.8, 4) is 11.1 Å². The van der Waals surface area contributed by atoms with Crippen molar-refractivity contribution in [1.29, 1.82) is 0 Å². The molecule has 37 heavy (non-hydrogen) atoms. The Hall–Kier alpha value is -3.85. The number of hydrogen-bond donors (Lipinski definition) is 2. The van der Waals surface area contributed by atoms with Gasteiger partial charge < -0.3 is 20.1 Å². The van der Waals surface area contributed by atoms with Crippen LogP contribution < -0.4 is 15.5 Å². The number of benzene rings is 1. The first-order valence-electron chi connectivity index (χ1n) is 12.6. The van der Waals surface area contributed by atoms with Gasteiger partial charge in [0.25, 0.3) is 0 Å². The van der Waals surface area contributed by atoms with Crippen LogP contribution in [0.4, 0.5) is 20.3 Å².